The van der Waals surface area contributed by atoms with Gasteiger partial charge in [0.05, 0.1) is 4.90 Å². The standard InChI is InChI=1S/C9H5ClO3S/c10-6-1-2-9-7(5-6)8(11)3-4-14(9,12)13/h1-5H. The van der Waals surface area contributed by atoms with Crippen molar-refractivity contribution in [3.8, 4) is 0 Å². The van der Waals surface area contributed by atoms with Gasteiger partial charge in [0, 0.05) is 16.0 Å². The summed E-state index contributed by atoms with van der Waals surface area (Å²) in [4.78, 5) is 11.3. The molecule has 0 amide bonds. The molecule has 2 rings (SSSR count). The second-order valence-electron chi connectivity index (χ2n) is 2.85. The molecule has 1 heterocycles. The van der Waals surface area contributed by atoms with Crippen molar-refractivity contribution in [1.82, 2.24) is 0 Å². The van der Waals surface area contributed by atoms with E-state index in [9.17, 15) is 13.2 Å². The summed E-state index contributed by atoms with van der Waals surface area (Å²) in [5, 5.41) is 1.26. The molecule has 3 nitrogen and oxygen atoms in total. The lowest BCUT2D eigenvalue weighted by Gasteiger charge is -2.09. The first-order valence-corrected chi connectivity index (χ1v) is 5.70. The summed E-state index contributed by atoms with van der Waals surface area (Å²) in [6.07, 6.45) is 1.04. The van der Waals surface area contributed by atoms with E-state index in [1.54, 1.807) is 0 Å². The molecule has 1 aliphatic heterocycles. The van der Waals surface area contributed by atoms with Crippen LogP contribution in [0.15, 0.2) is 34.6 Å². The molecule has 14 heavy (non-hydrogen) atoms. The number of hydrogen-bond acceptors (Lipinski definition) is 3. The fourth-order valence-corrected chi connectivity index (χ4v) is 2.60. The minimum atomic E-state index is -3.45. The third kappa shape index (κ3) is 1.36. The lowest BCUT2D eigenvalue weighted by Crippen LogP contribution is -2.11. The Labute approximate surface area is 85.9 Å². The fourth-order valence-electron chi connectivity index (χ4n) is 1.26. The number of benzene rings is 1. The molecule has 1 aromatic rings. The molecule has 0 aromatic heterocycles. The zero-order valence-corrected chi connectivity index (χ0v) is 8.47. The highest BCUT2D eigenvalue weighted by molar-refractivity contribution is 7.94. The Balaban J connectivity index is 2.82. The van der Waals surface area contributed by atoms with Crippen LogP contribution in [0, 0.1) is 0 Å². The Morgan fingerprint density at radius 1 is 1.21 bits per heavy atom. The van der Waals surface area contributed by atoms with Gasteiger partial charge in [-0.15, -0.1) is 0 Å². The summed E-state index contributed by atoms with van der Waals surface area (Å²) in [5.74, 6) is -0.336. The van der Waals surface area contributed by atoms with Gasteiger partial charge in [0.1, 0.15) is 0 Å². The Morgan fingerprint density at radius 2 is 1.93 bits per heavy atom. The van der Waals surface area contributed by atoms with Gasteiger partial charge < -0.3 is 0 Å². The van der Waals surface area contributed by atoms with E-state index in [4.69, 9.17) is 11.6 Å². The average molecular weight is 229 g/mol. The summed E-state index contributed by atoms with van der Waals surface area (Å²) in [5.41, 5.74) is 0.139. The molecule has 0 radical (unpaired) electrons. The molecule has 0 bridgehead atoms. The second-order valence-corrected chi connectivity index (χ2v) is 5.09. The summed E-state index contributed by atoms with van der Waals surface area (Å²) in [7, 11) is -3.45. The zero-order valence-electron chi connectivity index (χ0n) is 6.90. The fraction of sp³-hybridized carbons (Fsp3) is 0. The lowest BCUT2D eigenvalue weighted by atomic mass is 10.1. The number of halogens is 1. The number of carbonyl (C=O) groups is 1. The van der Waals surface area contributed by atoms with E-state index in [0.29, 0.717) is 5.02 Å². The average Bonchev–Trinajstić information content (AvgIpc) is 2.12. The van der Waals surface area contributed by atoms with Gasteiger partial charge in [-0.05, 0) is 24.3 Å². The SMILES string of the molecule is O=C1C=CS(=O)(=O)c2ccc(Cl)cc21. The third-order valence-electron chi connectivity index (χ3n) is 1.91. The molecule has 0 N–H and O–H groups in total. The summed E-state index contributed by atoms with van der Waals surface area (Å²) in [6.45, 7) is 0. The second kappa shape index (κ2) is 2.93. The van der Waals surface area contributed by atoms with Crippen LogP contribution in [0.2, 0.25) is 5.02 Å². The van der Waals surface area contributed by atoms with Crippen molar-refractivity contribution in [2.24, 2.45) is 0 Å². The van der Waals surface area contributed by atoms with Crippen LogP contribution in [0.5, 0.6) is 0 Å². The Hall–Kier alpha value is -1.13. The van der Waals surface area contributed by atoms with Crippen molar-refractivity contribution in [3.63, 3.8) is 0 Å². The quantitative estimate of drug-likeness (QED) is 0.681. The number of sulfone groups is 1. The minimum absolute atomic E-state index is 0.0226. The van der Waals surface area contributed by atoms with Gasteiger partial charge in [-0.1, -0.05) is 11.6 Å². The number of carbonyl (C=O) groups excluding carboxylic acids is 1. The molecular formula is C9H5ClO3S. The topological polar surface area (TPSA) is 51.2 Å². The molecule has 1 aromatic carbocycles. The molecule has 0 atom stereocenters. The van der Waals surface area contributed by atoms with Gasteiger partial charge in [-0.25, -0.2) is 8.42 Å². The maximum absolute atomic E-state index is 11.4. The first-order valence-electron chi connectivity index (χ1n) is 3.78. The van der Waals surface area contributed by atoms with E-state index < -0.39 is 9.84 Å². The van der Waals surface area contributed by atoms with Crippen LogP contribution in [-0.2, 0) is 9.84 Å². The number of allylic oxidation sites excluding steroid dienone is 1. The van der Waals surface area contributed by atoms with E-state index in [0.717, 1.165) is 11.5 Å². The Morgan fingerprint density at radius 3 is 2.64 bits per heavy atom. The molecule has 0 spiro atoms. The molecule has 0 aliphatic carbocycles. The first-order chi connectivity index (χ1) is 6.50. The predicted octanol–water partition coefficient (Wildman–Crippen LogP) is 1.82. The van der Waals surface area contributed by atoms with Gasteiger partial charge in [0.2, 0.25) is 9.84 Å². The molecule has 0 fully saturated rings. The van der Waals surface area contributed by atoms with E-state index in [2.05, 4.69) is 0 Å². The van der Waals surface area contributed by atoms with Crippen molar-refractivity contribution in [1.29, 1.82) is 0 Å². The van der Waals surface area contributed by atoms with Crippen molar-refractivity contribution in [2.45, 2.75) is 4.90 Å². The van der Waals surface area contributed by atoms with Crippen LogP contribution in [0.25, 0.3) is 0 Å². The van der Waals surface area contributed by atoms with Crippen molar-refractivity contribution < 1.29 is 13.2 Å². The van der Waals surface area contributed by atoms with Gasteiger partial charge in [-0.2, -0.15) is 0 Å². The van der Waals surface area contributed by atoms with E-state index in [1.807, 2.05) is 0 Å². The number of fused-ring (bicyclic) bond motifs is 1. The summed E-state index contributed by atoms with van der Waals surface area (Å²) >= 11 is 5.66. The molecule has 0 saturated heterocycles. The van der Waals surface area contributed by atoms with E-state index >= 15 is 0 Å². The van der Waals surface area contributed by atoms with E-state index in [-0.39, 0.29) is 16.2 Å². The van der Waals surface area contributed by atoms with Crippen LogP contribution in [0.3, 0.4) is 0 Å². The first kappa shape index (κ1) is 9.43. The summed E-state index contributed by atoms with van der Waals surface area (Å²) in [6, 6.07) is 4.15. The van der Waals surface area contributed by atoms with E-state index in [1.165, 1.54) is 18.2 Å². The highest BCUT2D eigenvalue weighted by atomic mass is 35.5. The molecule has 0 saturated carbocycles. The number of ketones is 1. The third-order valence-corrected chi connectivity index (χ3v) is 3.61. The maximum atomic E-state index is 11.4. The zero-order chi connectivity index (χ0) is 10.3. The van der Waals surface area contributed by atoms with Crippen molar-refractivity contribution in [3.05, 3.63) is 40.3 Å². The number of rotatable bonds is 0. The van der Waals surface area contributed by atoms with Crippen molar-refractivity contribution >= 4 is 27.2 Å². The van der Waals surface area contributed by atoms with Crippen LogP contribution < -0.4 is 0 Å². The Bertz CT molecular complexity index is 543. The van der Waals surface area contributed by atoms with Gasteiger partial charge in [0.15, 0.2) is 5.78 Å². The predicted molar refractivity (Wildman–Crippen MR) is 52.1 cm³/mol. The monoisotopic (exact) mass is 228 g/mol. The molecule has 1 aliphatic rings. The maximum Gasteiger partial charge on any atom is 0.200 e. The largest absolute Gasteiger partial charge is 0.289 e. The Kier molecular flexibility index (Phi) is 1.97. The minimum Gasteiger partial charge on any atom is -0.289 e. The van der Waals surface area contributed by atoms with Gasteiger partial charge >= 0.3 is 0 Å². The molecule has 72 valence electrons. The van der Waals surface area contributed by atoms with Crippen LogP contribution in [0.1, 0.15) is 10.4 Å². The van der Waals surface area contributed by atoms with Gasteiger partial charge in [0.25, 0.3) is 0 Å². The highest BCUT2D eigenvalue weighted by Crippen LogP contribution is 2.26. The molecule has 5 heteroatoms. The summed E-state index contributed by atoms with van der Waals surface area (Å²) < 4.78 is 22.9. The molecule has 0 unspecified atom stereocenters. The highest BCUT2D eigenvalue weighted by Gasteiger charge is 2.23. The van der Waals surface area contributed by atoms with Crippen LogP contribution >= 0.6 is 11.6 Å². The van der Waals surface area contributed by atoms with Crippen LogP contribution in [0.4, 0.5) is 0 Å². The van der Waals surface area contributed by atoms with Crippen molar-refractivity contribution in [2.75, 3.05) is 0 Å². The normalized spacial score (nSPS) is 17.9. The van der Waals surface area contributed by atoms with Crippen LogP contribution in [-0.4, -0.2) is 14.2 Å². The lowest BCUT2D eigenvalue weighted by molar-refractivity contribution is 0.104. The molecular weight excluding hydrogens is 224 g/mol. The smallest absolute Gasteiger partial charge is 0.200 e. The number of hydrogen-bond donors (Lipinski definition) is 0. The van der Waals surface area contributed by atoms with Gasteiger partial charge in [-0.3, -0.25) is 4.79 Å².